The molecule has 148 valence electrons. The summed E-state index contributed by atoms with van der Waals surface area (Å²) in [6, 6.07) is 3.10. The number of carbonyl (C=O) groups is 1. The molecule has 1 aromatic rings. The predicted molar refractivity (Wildman–Crippen MR) is 113 cm³/mol. The van der Waals surface area contributed by atoms with E-state index >= 15 is 0 Å². The molecule has 3 N–H and O–H groups in total. The molecule has 1 heterocycles. The van der Waals surface area contributed by atoms with Crippen molar-refractivity contribution in [1.29, 1.82) is 0 Å². The highest BCUT2D eigenvalue weighted by atomic mass is 32.2. The molecule has 1 aliphatic heterocycles. The first kappa shape index (κ1) is 20.2. The zero-order chi connectivity index (χ0) is 20.3. The van der Waals surface area contributed by atoms with Crippen molar-refractivity contribution in [3.8, 4) is 0 Å². The molecule has 0 saturated heterocycles. The topological polar surface area (TPSA) is 76.7 Å². The van der Waals surface area contributed by atoms with E-state index in [9.17, 15) is 9.18 Å². The number of halogens is 1. The first-order chi connectivity index (χ1) is 13.3. The lowest BCUT2D eigenvalue weighted by molar-refractivity contribution is -0.113. The molecule has 28 heavy (non-hydrogen) atoms. The first-order valence-corrected chi connectivity index (χ1v) is 10.0. The van der Waals surface area contributed by atoms with Gasteiger partial charge in [0.15, 0.2) is 5.17 Å². The number of thioether (sulfide) groups is 1. The van der Waals surface area contributed by atoms with Crippen molar-refractivity contribution in [2.75, 3.05) is 18.2 Å². The molecule has 1 aliphatic carbocycles. The number of benzene rings is 1. The highest BCUT2D eigenvalue weighted by Gasteiger charge is 2.32. The number of allylic oxidation sites excluding steroid dienone is 5. The molecule has 0 saturated carbocycles. The number of hydrogen-bond donors (Lipinski definition) is 2. The molecule has 0 fully saturated rings. The van der Waals surface area contributed by atoms with Crippen LogP contribution >= 0.6 is 11.8 Å². The van der Waals surface area contributed by atoms with E-state index in [0.29, 0.717) is 28.5 Å². The van der Waals surface area contributed by atoms with Gasteiger partial charge in [-0.1, -0.05) is 36.1 Å². The summed E-state index contributed by atoms with van der Waals surface area (Å²) in [4.78, 5) is 17.4. The molecule has 0 radical (unpaired) electrons. The number of amides is 1. The lowest BCUT2D eigenvalue weighted by atomic mass is 9.86. The van der Waals surface area contributed by atoms with Gasteiger partial charge in [-0.25, -0.2) is 4.39 Å². The molecule has 1 atom stereocenters. The molecule has 5 nitrogen and oxygen atoms in total. The third kappa shape index (κ3) is 4.14. The molecule has 0 aromatic heterocycles. The minimum atomic E-state index is -0.539. The number of nitrogens with one attached hydrogen (secondary N) is 1. The second-order valence-corrected chi connectivity index (χ2v) is 8.08. The summed E-state index contributed by atoms with van der Waals surface area (Å²) in [5.41, 5.74) is 7.57. The Morgan fingerprint density at radius 1 is 1.36 bits per heavy atom. The van der Waals surface area contributed by atoms with Gasteiger partial charge in [0, 0.05) is 17.7 Å². The van der Waals surface area contributed by atoms with E-state index in [1.54, 1.807) is 44.4 Å². The van der Waals surface area contributed by atoms with Crippen LogP contribution in [0.25, 0.3) is 0 Å². The Labute approximate surface area is 168 Å². The minimum Gasteiger partial charge on any atom is -0.501 e. The van der Waals surface area contributed by atoms with Crippen molar-refractivity contribution < 1.29 is 13.9 Å². The molecule has 0 bridgehead atoms. The average Bonchev–Trinajstić information content (AvgIpc) is 2.90. The van der Waals surface area contributed by atoms with E-state index < -0.39 is 11.4 Å². The fraction of sp³-hybridized carbons (Fsp3) is 0.333. The lowest BCUT2D eigenvalue weighted by Gasteiger charge is -2.31. The van der Waals surface area contributed by atoms with Crippen molar-refractivity contribution in [2.45, 2.75) is 32.2 Å². The van der Waals surface area contributed by atoms with Crippen molar-refractivity contribution in [3.63, 3.8) is 0 Å². The van der Waals surface area contributed by atoms with E-state index in [-0.39, 0.29) is 11.6 Å². The minimum absolute atomic E-state index is 0.174. The number of nitrogens with two attached hydrogens (primary N) is 1. The van der Waals surface area contributed by atoms with Gasteiger partial charge in [-0.2, -0.15) is 0 Å². The predicted octanol–water partition coefficient (Wildman–Crippen LogP) is 4.16. The van der Waals surface area contributed by atoms with Gasteiger partial charge >= 0.3 is 0 Å². The number of aliphatic imine (C=N–C) groups is 1. The van der Waals surface area contributed by atoms with Gasteiger partial charge in [0.25, 0.3) is 5.91 Å². The van der Waals surface area contributed by atoms with Crippen molar-refractivity contribution >= 4 is 28.5 Å². The molecule has 2 aliphatic rings. The van der Waals surface area contributed by atoms with Crippen LogP contribution in [0.2, 0.25) is 0 Å². The monoisotopic (exact) mass is 401 g/mol. The molecular formula is C21H24FN3O2S. The smallest absolute Gasteiger partial charge is 0.252 e. The van der Waals surface area contributed by atoms with Crippen LogP contribution in [0.15, 0.2) is 52.8 Å². The largest absolute Gasteiger partial charge is 0.501 e. The standard InChI is InChI=1S/C21H24FN3O2S/c1-13-16(21(2)10-11-28-20(23)25-21)8-9-17(22)18(13)24-19(26)14-6-4-5-7-15(12-14)27-3/h4-9H,10-12H2,1-3H3,(H2,23,25)(H,24,26). The van der Waals surface area contributed by atoms with Crippen LogP contribution in [0.4, 0.5) is 10.1 Å². The third-order valence-corrected chi connectivity index (χ3v) is 5.83. The fourth-order valence-electron chi connectivity index (χ4n) is 3.43. The van der Waals surface area contributed by atoms with Crippen LogP contribution in [0.5, 0.6) is 0 Å². The van der Waals surface area contributed by atoms with E-state index in [4.69, 9.17) is 10.5 Å². The van der Waals surface area contributed by atoms with Crippen molar-refractivity contribution in [1.82, 2.24) is 0 Å². The number of hydrogen-bond acceptors (Lipinski definition) is 5. The van der Waals surface area contributed by atoms with Gasteiger partial charge in [0.05, 0.1) is 18.3 Å². The lowest BCUT2D eigenvalue weighted by Crippen LogP contribution is -2.30. The van der Waals surface area contributed by atoms with E-state index in [0.717, 1.165) is 17.7 Å². The van der Waals surface area contributed by atoms with E-state index in [2.05, 4.69) is 10.3 Å². The summed E-state index contributed by atoms with van der Waals surface area (Å²) in [5, 5.41) is 3.27. The highest BCUT2D eigenvalue weighted by molar-refractivity contribution is 8.13. The number of nitrogens with zero attached hydrogens (tertiary/aromatic N) is 1. The quantitative estimate of drug-likeness (QED) is 0.794. The Balaban J connectivity index is 1.92. The second kappa shape index (κ2) is 8.22. The van der Waals surface area contributed by atoms with E-state index in [1.807, 2.05) is 6.92 Å². The Morgan fingerprint density at radius 2 is 2.11 bits per heavy atom. The average molecular weight is 402 g/mol. The van der Waals surface area contributed by atoms with Crippen LogP contribution in [0.1, 0.15) is 30.9 Å². The number of ether oxygens (including phenoxy) is 1. The number of rotatable bonds is 4. The van der Waals surface area contributed by atoms with Crippen LogP contribution in [0.3, 0.4) is 0 Å². The van der Waals surface area contributed by atoms with Gasteiger partial charge < -0.3 is 15.8 Å². The van der Waals surface area contributed by atoms with Crippen LogP contribution in [-0.4, -0.2) is 23.9 Å². The van der Waals surface area contributed by atoms with Crippen LogP contribution in [-0.2, 0) is 15.1 Å². The summed E-state index contributed by atoms with van der Waals surface area (Å²) in [6.45, 7) is 3.79. The van der Waals surface area contributed by atoms with Gasteiger partial charge in [0.1, 0.15) is 11.6 Å². The molecule has 7 heteroatoms. The molecule has 3 rings (SSSR count). The van der Waals surface area contributed by atoms with Crippen LogP contribution < -0.4 is 11.1 Å². The zero-order valence-electron chi connectivity index (χ0n) is 16.2. The Kier molecular flexibility index (Phi) is 5.93. The maximum atomic E-state index is 14.6. The third-order valence-electron chi connectivity index (χ3n) is 5.04. The maximum Gasteiger partial charge on any atom is 0.252 e. The Morgan fingerprint density at radius 3 is 2.82 bits per heavy atom. The summed E-state index contributed by atoms with van der Waals surface area (Å²) in [6.07, 6.45) is 8.20. The first-order valence-electron chi connectivity index (χ1n) is 9.03. The molecular weight excluding hydrogens is 377 g/mol. The summed E-state index contributed by atoms with van der Waals surface area (Å²) in [5.74, 6) is 0.669. The Hall–Kier alpha value is -2.54. The Bertz CT molecular complexity index is 920. The number of anilines is 1. The van der Waals surface area contributed by atoms with Crippen LogP contribution in [0, 0.1) is 12.7 Å². The fourth-order valence-corrected chi connectivity index (χ4v) is 4.40. The number of carbonyl (C=O) groups excluding carboxylic acids is 1. The highest BCUT2D eigenvalue weighted by Crippen LogP contribution is 2.39. The summed E-state index contributed by atoms with van der Waals surface area (Å²) in [7, 11) is 1.56. The van der Waals surface area contributed by atoms with Crippen molar-refractivity contribution in [2.24, 2.45) is 10.7 Å². The molecule has 1 aromatic carbocycles. The van der Waals surface area contributed by atoms with Gasteiger partial charge in [-0.3, -0.25) is 9.79 Å². The zero-order valence-corrected chi connectivity index (χ0v) is 17.0. The van der Waals surface area contributed by atoms with Gasteiger partial charge in [-0.15, -0.1) is 0 Å². The van der Waals surface area contributed by atoms with Gasteiger partial charge in [0.2, 0.25) is 0 Å². The molecule has 1 amide bonds. The number of amidine groups is 1. The SMILES string of the molecule is COC1=CC=CC=C(C(=O)Nc2c(F)ccc(C3(C)CCSC(N)=N3)c2C)C1. The second-order valence-electron chi connectivity index (χ2n) is 6.96. The molecule has 0 spiro atoms. The van der Waals surface area contributed by atoms with E-state index in [1.165, 1.54) is 17.8 Å². The summed E-state index contributed by atoms with van der Waals surface area (Å²) >= 11 is 1.51. The van der Waals surface area contributed by atoms with Crippen molar-refractivity contribution in [3.05, 3.63) is 64.7 Å². The number of methoxy groups -OCH3 is 1. The maximum absolute atomic E-state index is 14.6. The summed E-state index contributed by atoms with van der Waals surface area (Å²) < 4.78 is 19.9. The normalized spacial score (nSPS) is 21.9. The molecule has 1 unspecified atom stereocenters. The van der Waals surface area contributed by atoms with Gasteiger partial charge in [-0.05, 0) is 43.5 Å².